The predicted octanol–water partition coefficient (Wildman–Crippen LogP) is 2.87. The molecule has 0 aliphatic heterocycles. The van der Waals surface area contributed by atoms with Crippen LogP contribution in [-0.2, 0) is 9.53 Å². The van der Waals surface area contributed by atoms with Gasteiger partial charge in [0.15, 0.2) is 0 Å². The van der Waals surface area contributed by atoms with Gasteiger partial charge in [0.25, 0.3) is 0 Å². The van der Waals surface area contributed by atoms with Crippen molar-refractivity contribution in [3.05, 3.63) is 35.9 Å². The minimum atomic E-state index is -0.118. The number of benzene rings is 1. The molecule has 2 rings (SSSR count). The Morgan fingerprint density at radius 3 is 2.47 bits per heavy atom. The van der Waals surface area contributed by atoms with Crippen LogP contribution in [0.3, 0.4) is 0 Å². The Bertz CT molecular complexity index is 408. The smallest absolute Gasteiger partial charge is 0.307 e. The predicted molar refractivity (Wildman–Crippen MR) is 76.1 cm³/mol. The Morgan fingerprint density at radius 2 is 1.95 bits per heavy atom. The van der Waals surface area contributed by atoms with E-state index in [9.17, 15) is 4.79 Å². The molecule has 3 nitrogen and oxygen atoms in total. The molecule has 0 saturated heterocycles. The van der Waals surface area contributed by atoms with E-state index < -0.39 is 0 Å². The Hall–Kier alpha value is -1.35. The molecule has 1 aromatic carbocycles. The van der Waals surface area contributed by atoms with Gasteiger partial charge in [0.05, 0.1) is 13.5 Å². The molecule has 1 aliphatic rings. The number of ether oxygens (including phenoxy) is 1. The normalized spacial score (nSPS) is 26.9. The third kappa shape index (κ3) is 3.35. The number of esters is 1. The molecule has 0 amide bonds. The SMILES string of the molecule is CNC1(CC(=O)OC)CCC(c2ccccc2)CC1. The average Bonchev–Trinajstić information content (AvgIpc) is 2.48. The van der Waals surface area contributed by atoms with Crippen molar-refractivity contribution in [2.45, 2.75) is 43.6 Å². The Labute approximate surface area is 115 Å². The van der Waals surface area contributed by atoms with Gasteiger partial charge in [-0.1, -0.05) is 30.3 Å². The van der Waals surface area contributed by atoms with Crippen LogP contribution < -0.4 is 5.32 Å². The summed E-state index contributed by atoms with van der Waals surface area (Å²) in [6, 6.07) is 10.7. The molecule has 104 valence electrons. The molecule has 3 heteroatoms. The van der Waals surface area contributed by atoms with Gasteiger partial charge >= 0.3 is 5.97 Å². The summed E-state index contributed by atoms with van der Waals surface area (Å²) in [5, 5.41) is 3.35. The van der Waals surface area contributed by atoms with E-state index in [-0.39, 0.29) is 11.5 Å². The highest BCUT2D eigenvalue weighted by Gasteiger charge is 2.36. The molecule has 1 aromatic rings. The fraction of sp³-hybridized carbons (Fsp3) is 0.562. The van der Waals surface area contributed by atoms with Gasteiger partial charge in [0.1, 0.15) is 0 Å². The summed E-state index contributed by atoms with van der Waals surface area (Å²) < 4.78 is 4.81. The summed E-state index contributed by atoms with van der Waals surface area (Å²) in [6.45, 7) is 0. The highest BCUT2D eigenvalue weighted by atomic mass is 16.5. The number of carbonyl (C=O) groups excluding carboxylic acids is 1. The molecule has 1 aliphatic carbocycles. The lowest BCUT2D eigenvalue weighted by Gasteiger charge is -2.39. The highest BCUT2D eigenvalue weighted by molar-refractivity contribution is 5.70. The summed E-state index contributed by atoms with van der Waals surface area (Å²) in [6.07, 6.45) is 4.78. The molecule has 1 N–H and O–H groups in total. The van der Waals surface area contributed by atoms with Gasteiger partial charge in [-0.2, -0.15) is 0 Å². The molecule has 0 radical (unpaired) electrons. The van der Waals surface area contributed by atoms with Crippen LogP contribution in [0.15, 0.2) is 30.3 Å². The summed E-state index contributed by atoms with van der Waals surface area (Å²) >= 11 is 0. The van der Waals surface area contributed by atoms with Crippen molar-refractivity contribution >= 4 is 5.97 Å². The zero-order valence-electron chi connectivity index (χ0n) is 11.8. The van der Waals surface area contributed by atoms with Gasteiger partial charge in [0, 0.05) is 5.54 Å². The van der Waals surface area contributed by atoms with E-state index in [2.05, 4.69) is 35.6 Å². The van der Waals surface area contributed by atoms with Crippen LogP contribution in [0.2, 0.25) is 0 Å². The third-order valence-corrected chi connectivity index (χ3v) is 4.45. The van der Waals surface area contributed by atoms with Crippen LogP contribution in [0.5, 0.6) is 0 Å². The monoisotopic (exact) mass is 261 g/mol. The minimum Gasteiger partial charge on any atom is -0.469 e. The van der Waals surface area contributed by atoms with E-state index in [0.29, 0.717) is 12.3 Å². The summed E-state index contributed by atoms with van der Waals surface area (Å²) in [4.78, 5) is 11.5. The Balaban J connectivity index is 1.98. The maximum atomic E-state index is 11.5. The fourth-order valence-electron chi connectivity index (χ4n) is 3.09. The third-order valence-electron chi connectivity index (χ3n) is 4.45. The highest BCUT2D eigenvalue weighted by Crippen LogP contribution is 2.39. The van der Waals surface area contributed by atoms with Gasteiger partial charge in [-0.3, -0.25) is 4.79 Å². The first-order valence-corrected chi connectivity index (χ1v) is 7.00. The van der Waals surface area contributed by atoms with Crippen molar-refractivity contribution < 1.29 is 9.53 Å². The first-order valence-electron chi connectivity index (χ1n) is 7.00. The van der Waals surface area contributed by atoms with Gasteiger partial charge < -0.3 is 10.1 Å². The van der Waals surface area contributed by atoms with E-state index in [1.54, 1.807) is 0 Å². The van der Waals surface area contributed by atoms with E-state index in [1.807, 2.05) is 7.05 Å². The number of carbonyl (C=O) groups is 1. The summed E-state index contributed by atoms with van der Waals surface area (Å²) in [7, 11) is 3.41. The zero-order chi connectivity index (χ0) is 13.7. The van der Waals surface area contributed by atoms with Crippen LogP contribution in [0, 0.1) is 0 Å². The lowest BCUT2D eigenvalue weighted by molar-refractivity contribution is -0.142. The molecule has 0 spiro atoms. The quantitative estimate of drug-likeness (QED) is 0.847. The largest absolute Gasteiger partial charge is 0.469 e. The molecule has 1 fully saturated rings. The van der Waals surface area contributed by atoms with Gasteiger partial charge in [-0.25, -0.2) is 0 Å². The van der Waals surface area contributed by atoms with Gasteiger partial charge in [-0.15, -0.1) is 0 Å². The maximum Gasteiger partial charge on any atom is 0.307 e. The minimum absolute atomic E-state index is 0.0711. The van der Waals surface area contributed by atoms with Crippen LogP contribution in [0.4, 0.5) is 0 Å². The molecule has 0 heterocycles. The number of nitrogens with one attached hydrogen (secondary N) is 1. The zero-order valence-corrected chi connectivity index (χ0v) is 11.8. The lowest BCUT2D eigenvalue weighted by Crippen LogP contribution is -2.47. The molecule has 0 aromatic heterocycles. The van der Waals surface area contributed by atoms with Crippen LogP contribution in [0.1, 0.15) is 43.6 Å². The van der Waals surface area contributed by atoms with E-state index in [0.717, 1.165) is 25.7 Å². The fourth-order valence-corrected chi connectivity index (χ4v) is 3.09. The Morgan fingerprint density at radius 1 is 1.32 bits per heavy atom. The van der Waals surface area contributed by atoms with Crippen molar-refractivity contribution in [1.29, 1.82) is 0 Å². The molecular formula is C16H23NO2. The first kappa shape index (κ1) is 14.1. The molecule has 19 heavy (non-hydrogen) atoms. The standard InChI is InChI=1S/C16H23NO2/c1-17-16(12-15(18)19-2)10-8-14(9-11-16)13-6-4-3-5-7-13/h3-7,14,17H,8-12H2,1-2H3. The Kier molecular flexibility index (Phi) is 4.59. The van der Waals surface area contributed by atoms with E-state index in [1.165, 1.54) is 12.7 Å². The second kappa shape index (κ2) is 6.20. The van der Waals surface area contributed by atoms with Crippen molar-refractivity contribution in [2.75, 3.05) is 14.2 Å². The molecular weight excluding hydrogens is 238 g/mol. The second-order valence-electron chi connectivity index (χ2n) is 5.47. The van der Waals surface area contributed by atoms with Crippen LogP contribution >= 0.6 is 0 Å². The van der Waals surface area contributed by atoms with Crippen molar-refractivity contribution in [1.82, 2.24) is 5.32 Å². The number of hydrogen-bond donors (Lipinski definition) is 1. The molecule has 0 bridgehead atoms. The topological polar surface area (TPSA) is 38.3 Å². The number of hydrogen-bond acceptors (Lipinski definition) is 3. The number of methoxy groups -OCH3 is 1. The molecule has 0 unspecified atom stereocenters. The van der Waals surface area contributed by atoms with Gasteiger partial charge in [0.2, 0.25) is 0 Å². The van der Waals surface area contributed by atoms with Crippen molar-refractivity contribution in [2.24, 2.45) is 0 Å². The van der Waals surface area contributed by atoms with Crippen LogP contribution in [-0.4, -0.2) is 25.7 Å². The van der Waals surface area contributed by atoms with Crippen molar-refractivity contribution in [3.63, 3.8) is 0 Å². The van der Waals surface area contributed by atoms with Crippen LogP contribution in [0.25, 0.3) is 0 Å². The van der Waals surface area contributed by atoms with Gasteiger partial charge in [-0.05, 0) is 44.2 Å². The second-order valence-corrected chi connectivity index (χ2v) is 5.47. The summed E-state index contributed by atoms with van der Waals surface area (Å²) in [5.41, 5.74) is 1.35. The first-order chi connectivity index (χ1) is 9.19. The van der Waals surface area contributed by atoms with E-state index in [4.69, 9.17) is 4.74 Å². The van der Waals surface area contributed by atoms with Crippen molar-refractivity contribution in [3.8, 4) is 0 Å². The maximum absolute atomic E-state index is 11.5. The average molecular weight is 261 g/mol. The molecule has 1 saturated carbocycles. The summed E-state index contributed by atoms with van der Waals surface area (Å²) in [5.74, 6) is 0.507. The molecule has 0 atom stereocenters. The number of rotatable bonds is 4. The lowest BCUT2D eigenvalue weighted by atomic mass is 9.73. The van der Waals surface area contributed by atoms with E-state index >= 15 is 0 Å².